The van der Waals surface area contributed by atoms with Gasteiger partial charge in [-0.15, -0.1) is 11.3 Å². The maximum atomic E-state index is 12.5. The lowest BCUT2D eigenvalue weighted by atomic mass is 9.89. The molecule has 1 N–H and O–H groups in total. The molecule has 2 aromatic heterocycles. The van der Waals surface area contributed by atoms with E-state index in [0.29, 0.717) is 26.3 Å². The highest BCUT2D eigenvalue weighted by molar-refractivity contribution is 8.00. The van der Waals surface area contributed by atoms with Crippen molar-refractivity contribution in [1.82, 2.24) is 4.98 Å². The molecule has 0 fully saturated rings. The summed E-state index contributed by atoms with van der Waals surface area (Å²) in [5, 5.41) is 16.1. The minimum atomic E-state index is -0.254. The fourth-order valence-corrected chi connectivity index (χ4v) is 5.65. The van der Waals surface area contributed by atoms with E-state index in [-0.39, 0.29) is 11.7 Å². The number of carbonyl (C=O) groups excluding carboxylic acids is 1. The molecule has 0 radical (unpaired) electrons. The van der Waals surface area contributed by atoms with Crippen LogP contribution in [0.2, 0.25) is 10.0 Å². The van der Waals surface area contributed by atoms with E-state index in [1.54, 1.807) is 29.5 Å². The molecule has 152 valence electrons. The van der Waals surface area contributed by atoms with E-state index < -0.39 is 0 Å². The van der Waals surface area contributed by atoms with Crippen LogP contribution in [0.25, 0.3) is 10.4 Å². The molecule has 3 aromatic rings. The van der Waals surface area contributed by atoms with Gasteiger partial charge in [0.05, 0.1) is 27.0 Å². The Morgan fingerprint density at radius 3 is 2.67 bits per heavy atom. The van der Waals surface area contributed by atoms with Crippen LogP contribution in [-0.2, 0) is 17.6 Å². The minimum absolute atomic E-state index is 0.103. The number of benzene rings is 1. The van der Waals surface area contributed by atoms with Gasteiger partial charge in [-0.2, -0.15) is 5.26 Å². The molecule has 0 atom stereocenters. The molecule has 0 aliphatic heterocycles. The van der Waals surface area contributed by atoms with Crippen molar-refractivity contribution in [3.8, 4) is 16.5 Å². The smallest absolute Gasteiger partial charge is 0.234 e. The normalized spacial score (nSPS) is 12.8. The molecule has 1 aliphatic carbocycles. The molecule has 8 heteroatoms. The van der Waals surface area contributed by atoms with Crippen LogP contribution in [0.5, 0.6) is 0 Å². The van der Waals surface area contributed by atoms with Gasteiger partial charge >= 0.3 is 0 Å². The first kappa shape index (κ1) is 21.2. The van der Waals surface area contributed by atoms with Crippen LogP contribution < -0.4 is 5.32 Å². The number of aromatic nitrogens is 1. The second-order valence-electron chi connectivity index (χ2n) is 6.82. The predicted molar refractivity (Wildman–Crippen MR) is 125 cm³/mol. The summed E-state index contributed by atoms with van der Waals surface area (Å²) in [6.07, 6.45) is 4.02. The van der Waals surface area contributed by atoms with Gasteiger partial charge in [-0.3, -0.25) is 4.79 Å². The summed E-state index contributed by atoms with van der Waals surface area (Å²) in [5.41, 5.74) is 4.14. The first-order valence-corrected chi connectivity index (χ1v) is 12.1. The minimum Gasteiger partial charge on any atom is -0.323 e. The van der Waals surface area contributed by atoms with E-state index in [1.807, 2.05) is 17.5 Å². The fraction of sp³-hybridized carbons (Fsp3) is 0.227. The van der Waals surface area contributed by atoms with Crippen molar-refractivity contribution >= 4 is 57.9 Å². The van der Waals surface area contributed by atoms with Gasteiger partial charge in [0, 0.05) is 16.1 Å². The van der Waals surface area contributed by atoms with E-state index in [9.17, 15) is 10.1 Å². The Morgan fingerprint density at radius 1 is 1.20 bits per heavy atom. The summed E-state index contributed by atoms with van der Waals surface area (Å²) >= 11 is 15.2. The molecule has 0 saturated heterocycles. The van der Waals surface area contributed by atoms with Crippen molar-refractivity contribution in [1.29, 1.82) is 5.26 Å². The number of aryl methyl sites for hydroxylation is 1. The average Bonchev–Trinajstić information content (AvgIpc) is 3.28. The average molecular weight is 474 g/mol. The summed E-state index contributed by atoms with van der Waals surface area (Å²) in [5.74, 6) is -0.151. The number of amides is 1. The number of rotatable bonds is 5. The maximum Gasteiger partial charge on any atom is 0.234 e. The van der Waals surface area contributed by atoms with E-state index in [2.05, 4.69) is 11.4 Å². The van der Waals surface area contributed by atoms with Crippen LogP contribution in [-0.4, -0.2) is 16.6 Å². The first-order chi connectivity index (χ1) is 14.6. The van der Waals surface area contributed by atoms with Gasteiger partial charge in [0.2, 0.25) is 5.91 Å². The molecule has 1 amide bonds. The van der Waals surface area contributed by atoms with Gasteiger partial charge in [0.25, 0.3) is 0 Å². The van der Waals surface area contributed by atoms with Crippen LogP contribution in [0.15, 0.2) is 40.7 Å². The number of fused-ring (bicyclic) bond motifs is 1. The summed E-state index contributed by atoms with van der Waals surface area (Å²) in [6, 6.07) is 11.4. The Balaban J connectivity index is 1.62. The lowest BCUT2D eigenvalue weighted by Crippen LogP contribution is -2.16. The number of carbonyl (C=O) groups is 1. The van der Waals surface area contributed by atoms with Gasteiger partial charge in [-0.25, -0.2) is 4.98 Å². The molecule has 30 heavy (non-hydrogen) atoms. The summed E-state index contributed by atoms with van der Waals surface area (Å²) < 4.78 is 0. The van der Waals surface area contributed by atoms with Crippen molar-refractivity contribution in [2.45, 2.75) is 30.7 Å². The topological polar surface area (TPSA) is 65.8 Å². The number of halogens is 2. The van der Waals surface area contributed by atoms with E-state index in [0.717, 1.165) is 41.8 Å². The molecular formula is C22H17Cl2N3OS2. The van der Waals surface area contributed by atoms with Crippen molar-refractivity contribution in [3.05, 3.63) is 62.6 Å². The molecule has 0 saturated carbocycles. The zero-order valence-corrected chi connectivity index (χ0v) is 19.0. The number of anilines is 1. The van der Waals surface area contributed by atoms with Crippen LogP contribution in [0, 0.1) is 11.3 Å². The number of nitriles is 1. The van der Waals surface area contributed by atoms with Gasteiger partial charge in [-0.05, 0) is 54.8 Å². The second-order valence-corrected chi connectivity index (χ2v) is 9.55. The summed E-state index contributed by atoms with van der Waals surface area (Å²) in [4.78, 5) is 18.4. The summed E-state index contributed by atoms with van der Waals surface area (Å²) in [7, 11) is 0. The molecular weight excluding hydrogens is 457 g/mol. The molecule has 0 spiro atoms. The Bertz CT molecular complexity index is 1120. The maximum absolute atomic E-state index is 12.5. The largest absolute Gasteiger partial charge is 0.323 e. The monoisotopic (exact) mass is 473 g/mol. The Kier molecular flexibility index (Phi) is 6.64. The number of hydrogen-bond acceptors (Lipinski definition) is 5. The van der Waals surface area contributed by atoms with Gasteiger partial charge in [0.1, 0.15) is 11.1 Å². The third-order valence-electron chi connectivity index (χ3n) is 4.89. The molecule has 1 aromatic carbocycles. The van der Waals surface area contributed by atoms with Crippen molar-refractivity contribution < 1.29 is 4.79 Å². The number of pyridine rings is 1. The number of thioether (sulfide) groups is 1. The Morgan fingerprint density at radius 2 is 1.97 bits per heavy atom. The highest BCUT2D eigenvalue weighted by Gasteiger charge is 2.24. The van der Waals surface area contributed by atoms with Crippen molar-refractivity contribution in [2.75, 3.05) is 11.1 Å². The summed E-state index contributed by atoms with van der Waals surface area (Å²) in [6.45, 7) is 0. The number of nitrogens with zero attached hydrogens (tertiary/aromatic N) is 2. The molecule has 4 nitrogen and oxygen atoms in total. The Labute approximate surface area is 193 Å². The molecule has 4 rings (SSSR count). The van der Waals surface area contributed by atoms with E-state index in [1.165, 1.54) is 17.3 Å². The van der Waals surface area contributed by atoms with Crippen LogP contribution in [0.4, 0.5) is 5.69 Å². The standard InChI is InChI=1S/C22H17Cl2N3OS2/c23-15-6-3-7-16(24)21(15)27-19(28)12-30-22-14(11-25)20(18-9-4-10-29-18)13-5-1-2-8-17(13)26-22/h3-4,6-7,9-10H,1-2,5,8,12H2,(H,27,28). The predicted octanol–water partition coefficient (Wildman–Crippen LogP) is 6.60. The zero-order chi connectivity index (χ0) is 21.1. The second kappa shape index (κ2) is 9.40. The van der Waals surface area contributed by atoms with Gasteiger partial charge in [0.15, 0.2) is 0 Å². The van der Waals surface area contributed by atoms with Crippen LogP contribution in [0.3, 0.4) is 0 Å². The molecule has 2 heterocycles. The zero-order valence-electron chi connectivity index (χ0n) is 15.9. The van der Waals surface area contributed by atoms with Crippen molar-refractivity contribution in [2.24, 2.45) is 0 Å². The lowest BCUT2D eigenvalue weighted by molar-refractivity contribution is -0.113. The number of hydrogen-bond donors (Lipinski definition) is 1. The first-order valence-electron chi connectivity index (χ1n) is 9.45. The van der Waals surface area contributed by atoms with Gasteiger partial charge < -0.3 is 5.32 Å². The SMILES string of the molecule is N#Cc1c(SCC(=O)Nc2c(Cl)cccc2Cl)nc2c(c1-c1cccs1)CCCC2. The highest BCUT2D eigenvalue weighted by Crippen LogP contribution is 2.39. The van der Waals surface area contributed by atoms with E-state index in [4.69, 9.17) is 28.2 Å². The third kappa shape index (κ3) is 4.35. The number of para-hydroxylation sites is 1. The molecule has 0 bridgehead atoms. The quantitative estimate of drug-likeness (QED) is 0.423. The third-order valence-corrected chi connectivity index (χ3v) is 7.38. The van der Waals surface area contributed by atoms with E-state index >= 15 is 0 Å². The van der Waals surface area contributed by atoms with Crippen molar-refractivity contribution in [3.63, 3.8) is 0 Å². The van der Waals surface area contributed by atoms with Gasteiger partial charge in [-0.1, -0.05) is 47.1 Å². The van der Waals surface area contributed by atoms with Crippen LogP contribution in [0.1, 0.15) is 29.7 Å². The fourth-order valence-electron chi connectivity index (χ4n) is 3.55. The molecule has 1 aliphatic rings. The number of nitrogens with one attached hydrogen (secondary N) is 1. The van der Waals surface area contributed by atoms with Crippen LogP contribution >= 0.6 is 46.3 Å². The Hall–Kier alpha value is -2.04. The molecule has 0 unspecified atom stereocenters. The highest BCUT2D eigenvalue weighted by atomic mass is 35.5. The lowest BCUT2D eigenvalue weighted by Gasteiger charge is -2.21. The number of thiophene rings is 1.